The molecule has 1 aromatic rings. The minimum absolute atomic E-state index is 0.0301. The Kier molecular flexibility index (Phi) is 2.05. The molecule has 4 heteroatoms. The van der Waals surface area contributed by atoms with Crippen LogP contribution in [0, 0.1) is 16.7 Å². The predicted molar refractivity (Wildman–Crippen MR) is 64.3 cm³/mol. The average molecular weight is 235 g/mol. The summed E-state index contributed by atoms with van der Waals surface area (Å²) in [6.07, 6.45) is 2.40. The second kappa shape index (κ2) is 3.10. The van der Waals surface area contributed by atoms with Gasteiger partial charge in [-0.3, -0.25) is 0 Å². The van der Waals surface area contributed by atoms with Gasteiger partial charge in [-0.2, -0.15) is 4.98 Å². The van der Waals surface area contributed by atoms with Crippen LogP contribution in [0.2, 0.25) is 0 Å². The van der Waals surface area contributed by atoms with Gasteiger partial charge in [0.15, 0.2) is 5.82 Å². The number of aromatic nitrogens is 2. The molecule has 2 fully saturated rings. The van der Waals surface area contributed by atoms with Crippen LogP contribution in [0.1, 0.15) is 64.2 Å². The lowest BCUT2D eigenvalue weighted by Crippen LogP contribution is -2.14. The maximum absolute atomic E-state index is 6.08. The fourth-order valence-electron chi connectivity index (χ4n) is 2.98. The first kappa shape index (κ1) is 11.2. The second-order valence-electron chi connectivity index (χ2n) is 6.73. The minimum Gasteiger partial charge on any atom is -0.339 e. The molecule has 2 N–H and O–H groups in total. The number of nitrogens with two attached hydrogens (primary N) is 1. The predicted octanol–water partition coefficient (Wildman–Crippen LogP) is 2.63. The van der Waals surface area contributed by atoms with Gasteiger partial charge in [-0.05, 0) is 29.6 Å². The Labute approximate surface area is 102 Å². The van der Waals surface area contributed by atoms with Crippen LogP contribution >= 0.6 is 0 Å². The summed E-state index contributed by atoms with van der Waals surface area (Å²) >= 11 is 0. The first-order valence-corrected chi connectivity index (χ1v) is 6.45. The van der Waals surface area contributed by atoms with E-state index in [4.69, 9.17) is 10.3 Å². The van der Waals surface area contributed by atoms with E-state index in [-0.39, 0.29) is 16.9 Å². The number of hydrogen-bond donors (Lipinski definition) is 1. The van der Waals surface area contributed by atoms with Gasteiger partial charge in [0.05, 0.1) is 6.04 Å². The highest BCUT2D eigenvalue weighted by Gasteiger charge is 2.68. The molecule has 1 unspecified atom stereocenters. The second-order valence-corrected chi connectivity index (χ2v) is 6.73. The quantitative estimate of drug-likeness (QED) is 0.874. The van der Waals surface area contributed by atoms with Gasteiger partial charge in [-0.1, -0.05) is 32.9 Å². The van der Waals surface area contributed by atoms with Gasteiger partial charge < -0.3 is 10.3 Å². The van der Waals surface area contributed by atoms with Crippen molar-refractivity contribution >= 4 is 0 Å². The van der Waals surface area contributed by atoms with E-state index in [9.17, 15) is 0 Å². The van der Waals surface area contributed by atoms with Crippen molar-refractivity contribution in [3.63, 3.8) is 0 Å². The summed E-state index contributed by atoms with van der Waals surface area (Å²) in [5.74, 6) is 2.40. The van der Waals surface area contributed by atoms with Crippen molar-refractivity contribution in [3.8, 4) is 0 Å². The lowest BCUT2D eigenvalue weighted by Gasteiger charge is -2.03. The Hall–Kier alpha value is -0.900. The first-order valence-electron chi connectivity index (χ1n) is 6.45. The van der Waals surface area contributed by atoms with Crippen molar-refractivity contribution in [3.05, 3.63) is 11.7 Å². The summed E-state index contributed by atoms with van der Waals surface area (Å²) in [5.41, 5.74) is 6.56. The Morgan fingerprint density at radius 1 is 1.24 bits per heavy atom. The SMILES string of the molecule is CC1(C)C(c2nc(C(N)C3CC3)no2)C1(C)C. The molecule has 94 valence electrons. The van der Waals surface area contributed by atoms with E-state index < -0.39 is 0 Å². The average Bonchev–Trinajstić information content (AvgIpc) is 3.06. The zero-order valence-corrected chi connectivity index (χ0v) is 11.0. The molecule has 0 aromatic carbocycles. The minimum atomic E-state index is -0.0301. The largest absolute Gasteiger partial charge is 0.339 e. The monoisotopic (exact) mass is 235 g/mol. The van der Waals surface area contributed by atoms with Crippen molar-refractivity contribution < 1.29 is 4.52 Å². The number of rotatable bonds is 3. The normalized spacial score (nSPS) is 28.1. The van der Waals surface area contributed by atoms with Crippen molar-refractivity contribution in [2.75, 3.05) is 0 Å². The molecule has 1 heterocycles. The molecule has 2 saturated carbocycles. The molecule has 17 heavy (non-hydrogen) atoms. The van der Waals surface area contributed by atoms with E-state index in [1.54, 1.807) is 0 Å². The van der Waals surface area contributed by atoms with E-state index in [2.05, 4.69) is 37.8 Å². The summed E-state index contributed by atoms with van der Waals surface area (Å²) < 4.78 is 5.42. The van der Waals surface area contributed by atoms with Gasteiger partial charge in [0.2, 0.25) is 5.89 Å². The summed E-state index contributed by atoms with van der Waals surface area (Å²) in [5, 5.41) is 4.06. The summed E-state index contributed by atoms with van der Waals surface area (Å²) in [4.78, 5) is 4.52. The van der Waals surface area contributed by atoms with Crippen LogP contribution in [-0.2, 0) is 0 Å². The van der Waals surface area contributed by atoms with E-state index >= 15 is 0 Å². The smallest absolute Gasteiger partial charge is 0.230 e. The number of hydrogen-bond acceptors (Lipinski definition) is 4. The standard InChI is InChI=1S/C13H21N3O/c1-12(2)9(13(12,3)4)11-15-10(16-17-11)8(14)7-5-6-7/h7-9H,5-6,14H2,1-4H3. The first-order chi connectivity index (χ1) is 7.85. The lowest BCUT2D eigenvalue weighted by atomic mass is 10.0. The molecule has 0 bridgehead atoms. The Morgan fingerprint density at radius 2 is 1.82 bits per heavy atom. The van der Waals surface area contributed by atoms with Gasteiger partial charge >= 0.3 is 0 Å². The molecular formula is C13H21N3O. The zero-order valence-electron chi connectivity index (χ0n) is 11.0. The summed E-state index contributed by atoms with van der Waals surface area (Å²) in [6, 6.07) is -0.0301. The van der Waals surface area contributed by atoms with Crippen LogP contribution in [0.5, 0.6) is 0 Å². The summed E-state index contributed by atoms with van der Waals surface area (Å²) in [7, 11) is 0. The molecule has 0 saturated heterocycles. The third kappa shape index (κ3) is 1.46. The van der Waals surface area contributed by atoms with E-state index in [1.165, 1.54) is 12.8 Å². The van der Waals surface area contributed by atoms with E-state index in [0.29, 0.717) is 17.7 Å². The molecule has 0 aliphatic heterocycles. The maximum atomic E-state index is 6.08. The fraction of sp³-hybridized carbons (Fsp3) is 0.846. The third-order valence-electron chi connectivity index (χ3n) is 5.15. The van der Waals surface area contributed by atoms with Gasteiger partial charge in [-0.15, -0.1) is 0 Å². The van der Waals surface area contributed by atoms with Crippen molar-refractivity contribution in [1.82, 2.24) is 10.1 Å². The Morgan fingerprint density at radius 3 is 2.29 bits per heavy atom. The van der Waals surface area contributed by atoms with Gasteiger partial charge in [0.1, 0.15) is 0 Å². The lowest BCUT2D eigenvalue weighted by molar-refractivity contribution is 0.356. The van der Waals surface area contributed by atoms with Crippen LogP contribution in [0.25, 0.3) is 0 Å². The van der Waals surface area contributed by atoms with Crippen molar-refractivity contribution in [2.24, 2.45) is 22.5 Å². The summed E-state index contributed by atoms with van der Waals surface area (Å²) in [6.45, 7) is 9.01. The van der Waals surface area contributed by atoms with E-state index in [0.717, 1.165) is 5.89 Å². The molecule has 3 rings (SSSR count). The maximum Gasteiger partial charge on any atom is 0.230 e. The number of nitrogens with zero attached hydrogens (tertiary/aromatic N) is 2. The molecule has 2 aliphatic rings. The molecule has 4 nitrogen and oxygen atoms in total. The fourth-order valence-corrected chi connectivity index (χ4v) is 2.98. The highest BCUT2D eigenvalue weighted by molar-refractivity contribution is 5.25. The van der Waals surface area contributed by atoms with Gasteiger partial charge in [0, 0.05) is 5.92 Å². The molecule has 0 amide bonds. The van der Waals surface area contributed by atoms with Crippen molar-refractivity contribution in [2.45, 2.75) is 52.5 Å². The molecule has 1 aromatic heterocycles. The Balaban J connectivity index is 1.82. The van der Waals surface area contributed by atoms with Crippen LogP contribution in [0.3, 0.4) is 0 Å². The van der Waals surface area contributed by atoms with Gasteiger partial charge in [0.25, 0.3) is 0 Å². The zero-order chi connectivity index (χ0) is 12.4. The Bertz CT molecular complexity index is 431. The molecule has 0 spiro atoms. The third-order valence-corrected chi connectivity index (χ3v) is 5.15. The molecule has 0 radical (unpaired) electrons. The highest BCUT2D eigenvalue weighted by Crippen LogP contribution is 2.73. The van der Waals surface area contributed by atoms with Crippen LogP contribution < -0.4 is 5.73 Å². The molecular weight excluding hydrogens is 214 g/mol. The van der Waals surface area contributed by atoms with Gasteiger partial charge in [-0.25, -0.2) is 0 Å². The topological polar surface area (TPSA) is 64.9 Å². The highest BCUT2D eigenvalue weighted by atomic mass is 16.5. The van der Waals surface area contributed by atoms with Crippen LogP contribution in [0.15, 0.2) is 4.52 Å². The van der Waals surface area contributed by atoms with E-state index in [1.807, 2.05) is 0 Å². The van der Waals surface area contributed by atoms with Crippen molar-refractivity contribution in [1.29, 1.82) is 0 Å². The molecule has 1 atom stereocenters. The van der Waals surface area contributed by atoms with Crippen LogP contribution in [-0.4, -0.2) is 10.1 Å². The molecule has 2 aliphatic carbocycles. The van der Waals surface area contributed by atoms with Crippen LogP contribution in [0.4, 0.5) is 0 Å².